The zero-order chi connectivity index (χ0) is 13.1. The first-order valence-corrected chi connectivity index (χ1v) is 6.42. The molecule has 0 aromatic heterocycles. The predicted molar refractivity (Wildman–Crippen MR) is 69.3 cm³/mol. The molecular weight excluding hydrogens is 233 g/mol. The van der Waals surface area contributed by atoms with Crippen molar-refractivity contribution >= 4 is 5.69 Å². The molecule has 0 aliphatic carbocycles. The Labute approximate surface area is 107 Å². The molecule has 0 spiro atoms. The molecule has 0 radical (unpaired) electrons. The van der Waals surface area contributed by atoms with Crippen LogP contribution in [-0.4, -0.2) is 30.9 Å². The molecule has 1 saturated heterocycles. The van der Waals surface area contributed by atoms with Gasteiger partial charge < -0.3 is 14.7 Å². The summed E-state index contributed by atoms with van der Waals surface area (Å²) in [4.78, 5) is 2.17. The summed E-state index contributed by atoms with van der Waals surface area (Å²) in [6, 6.07) is 4.60. The van der Waals surface area contributed by atoms with Gasteiger partial charge in [0.25, 0.3) is 0 Å². The standard InChI is InChI=1S/C14H20FNO2/c1-10-9-16(6-3-7-18-10)14-5-4-12(15)8-13(14)11(2)17/h4-5,8,10-11,17H,3,6-7,9H2,1-2H3/t10?,11-/m0/s1. The molecule has 1 fully saturated rings. The van der Waals surface area contributed by atoms with E-state index in [2.05, 4.69) is 4.90 Å². The number of hydrogen-bond donors (Lipinski definition) is 1. The number of aliphatic hydroxyl groups is 1. The van der Waals surface area contributed by atoms with E-state index in [0.717, 1.165) is 31.8 Å². The van der Waals surface area contributed by atoms with Crippen molar-refractivity contribution in [2.75, 3.05) is 24.6 Å². The Morgan fingerprint density at radius 2 is 2.28 bits per heavy atom. The van der Waals surface area contributed by atoms with Gasteiger partial charge in [-0.05, 0) is 38.5 Å². The van der Waals surface area contributed by atoms with E-state index in [0.29, 0.717) is 5.56 Å². The Morgan fingerprint density at radius 3 is 3.00 bits per heavy atom. The van der Waals surface area contributed by atoms with E-state index < -0.39 is 6.10 Å². The van der Waals surface area contributed by atoms with Gasteiger partial charge in [0.2, 0.25) is 0 Å². The monoisotopic (exact) mass is 253 g/mol. The molecule has 1 unspecified atom stereocenters. The summed E-state index contributed by atoms with van der Waals surface area (Å²) < 4.78 is 18.9. The lowest BCUT2D eigenvalue weighted by Gasteiger charge is -2.27. The second-order valence-corrected chi connectivity index (χ2v) is 4.86. The Bertz CT molecular complexity index is 409. The molecule has 1 aromatic rings. The maximum Gasteiger partial charge on any atom is 0.123 e. The van der Waals surface area contributed by atoms with Gasteiger partial charge in [-0.15, -0.1) is 0 Å². The van der Waals surface area contributed by atoms with Crippen molar-refractivity contribution in [3.05, 3.63) is 29.6 Å². The van der Waals surface area contributed by atoms with Gasteiger partial charge in [0.1, 0.15) is 5.82 Å². The molecule has 1 N–H and O–H groups in total. The average molecular weight is 253 g/mol. The highest BCUT2D eigenvalue weighted by atomic mass is 19.1. The van der Waals surface area contributed by atoms with Crippen LogP contribution in [0.5, 0.6) is 0 Å². The van der Waals surface area contributed by atoms with Crippen LogP contribution in [-0.2, 0) is 4.74 Å². The molecule has 4 heteroatoms. The third kappa shape index (κ3) is 3.00. The molecule has 0 amide bonds. The third-order valence-electron chi connectivity index (χ3n) is 3.23. The molecule has 3 nitrogen and oxygen atoms in total. The zero-order valence-corrected chi connectivity index (χ0v) is 10.9. The molecule has 2 rings (SSSR count). The average Bonchev–Trinajstić information content (AvgIpc) is 2.53. The molecule has 18 heavy (non-hydrogen) atoms. The summed E-state index contributed by atoms with van der Waals surface area (Å²) in [5, 5.41) is 9.77. The van der Waals surface area contributed by atoms with Crippen LogP contribution in [0.1, 0.15) is 31.9 Å². The number of anilines is 1. The summed E-state index contributed by atoms with van der Waals surface area (Å²) in [5.74, 6) is -0.311. The van der Waals surface area contributed by atoms with Crippen LogP contribution in [0.3, 0.4) is 0 Å². The third-order valence-corrected chi connectivity index (χ3v) is 3.23. The molecule has 0 saturated carbocycles. The molecule has 2 atom stereocenters. The number of hydrogen-bond acceptors (Lipinski definition) is 3. The van der Waals surface area contributed by atoms with E-state index in [4.69, 9.17) is 4.74 Å². The fourth-order valence-corrected chi connectivity index (χ4v) is 2.36. The quantitative estimate of drug-likeness (QED) is 0.879. The van der Waals surface area contributed by atoms with E-state index in [-0.39, 0.29) is 11.9 Å². The van der Waals surface area contributed by atoms with Crippen molar-refractivity contribution in [3.8, 4) is 0 Å². The summed E-state index contributed by atoms with van der Waals surface area (Å²) in [7, 11) is 0. The second kappa shape index (κ2) is 5.67. The van der Waals surface area contributed by atoms with Crippen molar-refractivity contribution in [3.63, 3.8) is 0 Å². The smallest absolute Gasteiger partial charge is 0.123 e. The highest BCUT2D eigenvalue weighted by Gasteiger charge is 2.19. The Morgan fingerprint density at radius 1 is 1.50 bits per heavy atom. The first-order valence-electron chi connectivity index (χ1n) is 6.42. The van der Waals surface area contributed by atoms with Crippen molar-refractivity contribution in [2.24, 2.45) is 0 Å². The van der Waals surface area contributed by atoms with Gasteiger partial charge >= 0.3 is 0 Å². The fraction of sp³-hybridized carbons (Fsp3) is 0.571. The van der Waals surface area contributed by atoms with E-state index in [1.807, 2.05) is 6.92 Å². The number of aliphatic hydroxyl groups excluding tert-OH is 1. The summed E-state index contributed by atoms with van der Waals surface area (Å²) in [6.45, 7) is 6.09. The van der Waals surface area contributed by atoms with Crippen molar-refractivity contribution in [2.45, 2.75) is 32.5 Å². The number of nitrogens with zero attached hydrogens (tertiary/aromatic N) is 1. The minimum atomic E-state index is -0.671. The SMILES string of the molecule is CC1CN(c2ccc(F)cc2[C@H](C)O)CCCO1. The predicted octanol–water partition coefficient (Wildman–Crippen LogP) is 2.49. The summed E-state index contributed by atoms with van der Waals surface area (Å²) in [5.41, 5.74) is 1.55. The van der Waals surface area contributed by atoms with Crippen LogP contribution in [0.2, 0.25) is 0 Å². The number of benzene rings is 1. The first-order chi connectivity index (χ1) is 8.58. The van der Waals surface area contributed by atoms with Crippen molar-refractivity contribution < 1.29 is 14.2 Å². The molecule has 1 aromatic carbocycles. The lowest BCUT2D eigenvalue weighted by atomic mass is 10.1. The van der Waals surface area contributed by atoms with Crippen LogP contribution in [0.4, 0.5) is 10.1 Å². The van der Waals surface area contributed by atoms with Crippen LogP contribution in [0.15, 0.2) is 18.2 Å². The van der Waals surface area contributed by atoms with E-state index in [1.54, 1.807) is 13.0 Å². The first kappa shape index (κ1) is 13.3. The van der Waals surface area contributed by atoms with Crippen LogP contribution >= 0.6 is 0 Å². The van der Waals surface area contributed by atoms with Crippen LogP contribution in [0, 0.1) is 5.82 Å². The minimum Gasteiger partial charge on any atom is -0.389 e. The molecule has 1 aliphatic heterocycles. The second-order valence-electron chi connectivity index (χ2n) is 4.86. The Hall–Kier alpha value is -1.13. The lowest BCUT2D eigenvalue weighted by molar-refractivity contribution is 0.0820. The van der Waals surface area contributed by atoms with Gasteiger partial charge in [-0.25, -0.2) is 4.39 Å². The van der Waals surface area contributed by atoms with Crippen molar-refractivity contribution in [1.29, 1.82) is 0 Å². The molecule has 1 heterocycles. The maximum absolute atomic E-state index is 13.3. The van der Waals surface area contributed by atoms with Crippen LogP contribution < -0.4 is 4.90 Å². The van der Waals surface area contributed by atoms with Crippen molar-refractivity contribution in [1.82, 2.24) is 0 Å². The van der Waals surface area contributed by atoms with E-state index in [1.165, 1.54) is 12.1 Å². The van der Waals surface area contributed by atoms with Gasteiger partial charge in [0.05, 0.1) is 12.2 Å². The minimum absolute atomic E-state index is 0.152. The zero-order valence-electron chi connectivity index (χ0n) is 10.9. The number of rotatable bonds is 2. The Balaban J connectivity index is 2.30. The molecule has 100 valence electrons. The maximum atomic E-state index is 13.3. The normalized spacial score (nSPS) is 22.7. The van der Waals surface area contributed by atoms with Gasteiger partial charge in [0.15, 0.2) is 0 Å². The van der Waals surface area contributed by atoms with Gasteiger partial charge in [-0.1, -0.05) is 0 Å². The van der Waals surface area contributed by atoms with Gasteiger partial charge in [-0.3, -0.25) is 0 Å². The van der Waals surface area contributed by atoms with E-state index >= 15 is 0 Å². The topological polar surface area (TPSA) is 32.7 Å². The van der Waals surface area contributed by atoms with Gasteiger partial charge in [-0.2, -0.15) is 0 Å². The van der Waals surface area contributed by atoms with E-state index in [9.17, 15) is 9.50 Å². The van der Waals surface area contributed by atoms with Crippen LogP contribution in [0.25, 0.3) is 0 Å². The lowest BCUT2D eigenvalue weighted by Crippen LogP contribution is -2.31. The largest absolute Gasteiger partial charge is 0.389 e. The molecule has 0 bridgehead atoms. The van der Waals surface area contributed by atoms with Gasteiger partial charge in [0, 0.05) is 30.9 Å². The molecular formula is C14H20FNO2. The highest BCUT2D eigenvalue weighted by Crippen LogP contribution is 2.28. The molecule has 1 aliphatic rings. The Kier molecular flexibility index (Phi) is 4.19. The summed E-state index contributed by atoms with van der Waals surface area (Å²) >= 11 is 0. The number of ether oxygens (including phenoxy) is 1. The summed E-state index contributed by atoms with van der Waals surface area (Å²) in [6.07, 6.45) is 0.426. The highest BCUT2D eigenvalue weighted by molar-refractivity contribution is 5.55. The fourth-order valence-electron chi connectivity index (χ4n) is 2.36. The number of halogens is 1.